The molecule has 0 saturated carbocycles. The Morgan fingerprint density at radius 2 is 2.09 bits per heavy atom. The van der Waals surface area contributed by atoms with E-state index < -0.39 is 5.82 Å². The Labute approximate surface area is 68.2 Å². The fourth-order valence-corrected chi connectivity index (χ4v) is 0.770. The van der Waals surface area contributed by atoms with Gasteiger partial charge in [0.25, 0.3) is 0 Å². The highest BCUT2D eigenvalue weighted by atomic mass is 35.5. The molecule has 2 nitrogen and oxygen atoms in total. The van der Waals surface area contributed by atoms with Crippen molar-refractivity contribution in [3.8, 4) is 0 Å². The van der Waals surface area contributed by atoms with Gasteiger partial charge in [-0.05, 0) is 12.1 Å². The third kappa shape index (κ3) is 1.68. The highest BCUT2D eigenvalue weighted by Crippen LogP contribution is 2.08. The normalized spacial score (nSPS) is 9.27. The van der Waals surface area contributed by atoms with Gasteiger partial charge in [0.1, 0.15) is 17.7 Å². The molecule has 1 N–H and O–H groups in total. The number of benzene rings is 1. The maximum absolute atomic E-state index is 12.7. The van der Waals surface area contributed by atoms with Gasteiger partial charge in [0, 0.05) is 0 Å². The molecule has 0 aromatic heterocycles. The third-order valence-electron chi connectivity index (χ3n) is 1.20. The molecule has 11 heavy (non-hydrogen) atoms. The summed E-state index contributed by atoms with van der Waals surface area (Å²) in [4.78, 5) is 0. The minimum absolute atomic E-state index is 0.0579. The molecule has 0 heterocycles. The molecular weight excluding hydrogens is 169 g/mol. The molecule has 0 aliphatic carbocycles. The summed E-state index contributed by atoms with van der Waals surface area (Å²) in [6.45, 7) is 0. The van der Waals surface area contributed by atoms with Gasteiger partial charge in [0.2, 0.25) is 5.90 Å². The lowest BCUT2D eigenvalue weighted by molar-refractivity contribution is 0.585. The van der Waals surface area contributed by atoms with E-state index in [1.54, 1.807) is 6.07 Å². The molecule has 0 fully saturated rings. The summed E-state index contributed by atoms with van der Waals surface area (Å²) in [5.74, 6) is -0.900. The second-order valence-electron chi connectivity index (χ2n) is 1.89. The van der Waals surface area contributed by atoms with Crippen LogP contribution in [-0.2, 0) is 4.29 Å². The van der Waals surface area contributed by atoms with Crippen molar-refractivity contribution in [3.63, 3.8) is 0 Å². The molecule has 4 heteroatoms. The van der Waals surface area contributed by atoms with Crippen LogP contribution in [0, 0.1) is 11.2 Å². The SMILES string of the molecule is N=C(OCl)c1ccccc1F. The van der Waals surface area contributed by atoms with Gasteiger partial charge in [0.15, 0.2) is 0 Å². The first-order valence-corrected chi connectivity index (χ1v) is 3.18. The summed E-state index contributed by atoms with van der Waals surface area (Å²) >= 11 is 4.87. The van der Waals surface area contributed by atoms with Crippen LogP contribution in [0.5, 0.6) is 0 Å². The summed E-state index contributed by atoms with van der Waals surface area (Å²) in [6.07, 6.45) is 0. The van der Waals surface area contributed by atoms with Crippen molar-refractivity contribution in [2.24, 2.45) is 0 Å². The number of hydrogen-bond donors (Lipinski definition) is 1. The summed E-state index contributed by atoms with van der Waals surface area (Å²) in [5, 5.41) is 7.03. The van der Waals surface area contributed by atoms with E-state index >= 15 is 0 Å². The van der Waals surface area contributed by atoms with E-state index in [9.17, 15) is 4.39 Å². The van der Waals surface area contributed by atoms with Gasteiger partial charge >= 0.3 is 0 Å². The topological polar surface area (TPSA) is 33.1 Å². The van der Waals surface area contributed by atoms with E-state index in [-0.39, 0.29) is 11.5 Å². The Bertz CT molecular complexity index is 277. The molecule has 0 unspecified atom stereocenters. The fraction of sp³-hybridized carbons (Fsp3) is 0. The maximum Gasteiger partial charge on any atom is 0.239 e. The van der Waals surface area contributed by atoms with Crippen LogP contribution in [0.1, 0.15) is 5.56 Å². The number of nitrogens with one attached hydrogen (secondary N) is 1. The molecule has 0 atom stereocenters. The summed E-state index contributed by atoms with van der Waals surface area (Å²) in [6, 6.07) is 5.78. The van der Waals surface area contributed by atoms with Crippen molar-refractivity contribution in [3.05, 3.63) is 35.6 Å². The van der Waals surface area contributed by atoms with Gasteiger partial charge in [-0.3, -0.25) is 5.41 Å². The molecule has 0 spiro atoms. The molecule has 0 bridgehead atoms. The lowest BCUT2D eigenvalue weighted by Gasteiger charge is -1.98. The second kappa shape index (κ2) is 3.34. The first-order chi connectivity index (χ1) is 5.25. The zero-order valence-corrected chi connectivity index (χ0v) is 6.23. The van der Waals surface area contributed by atoms with Gasteiger partial charge < -0.3 is 4.29 Å². The Balaban J connectivity index is 3.03. The molecule has 1 aromatic carbocycles. The van der Waals surface area contributed by atoms with Crippen molar-refractivity contribution in [1.82, 2.24) is 0 Å². The van der Waals surface area contributed by atoms with Gasteiger partial charge in [-0.15, -0.1) is 0 Å². The molecule has 0 saturated heterocycles. The summed E-state index contributed by atoms with van der Waals surface area (Å²) in [7, 11) is 0. The van der Waals surface area contributed by atoms with E-state index in [0.29, 0.717) is 0 Å². The van der Waals surface area contributed by atoms with Crippen LogP contribution >= 0.6 is 11.9 Å². The standard InChI is InChI=1S/C7H5ClFNO/c8-11-7(10)5-3-1-2-4-6(5)9/h1-4,10H. The van der Waals surface area contributed by atoms with Crippen molar-refractivity contribution < 1.29 is 8.68 Å². The predicted octanol–water partition coefficient (Wildman–Crippen LogP) is 2.32. The lowest BCUT2D eigenvalue weighted by Crippen LogP contribution is -2.00. The first-order valence-electron chi connectivity index (χ1n) is 2.87. The van der Waals surface area contributed by atoms with E-state index in [1.807, 2.05) is 0 Å². The number of rotatable bonds is 1. The number of hydrogen-bond acceptors (Lipinski definition) is 2. The number of halogens is 2. The second-order valence-corrected chi connectivity index (χ2v) is 2.04. The Morgan fingerprint density at radius 3 is 2.64 bits per heavy atom. The quantitative estimate of drug-likeness (QED) is 0.513. The first kappa shape index (κ1) is 8.01. The lowest BCUT2D eigenvalue weighted by atomic mass is 10.2. The van der Waals surface area contributed by atoms with Crippen molar-refractivity contribution >= 4 is 17.8 Å². The molecule has 0 radical (unpaired) electrons. The van der Waals surface area contributed by atoms with Crippen LogP contribution in [0.15, 0.2) is 24.3 Å². The average Bonchev–Trinajstić information content (AvgIpc) is 2.04. The molecular formula is C7H5ClFNO. The maximum atomic E-state index is 12.7. The van der Waals surface area contributed by atoms with Gasteiger partial charge in [0.05, 0.1) is 5.56 Å². The zero-order valence-electron chi connectivity index (χ0n) is 5.47. The van der Waals surface area contributed by atoms with E-state index in [0.717, 1.165) is 0 Å². The smallest absolute Gasteiger partial charge is 0.239 e. The van der Waals surface area contributed by atoms with Crippen LogP contribution in [0.3, 0.4) is 0 Å². The minimum Gasteiger partial charge on any atom is -0.365 e. The molecule has 58 valence electrons. The van der Waals surface area contributed by atoms with Crippen LogP contribution in [0.2, 0.25) is 0 Å². The van der Waals surface area contributed by atoms with E-state index in [1.165, 1.54) is 18.2 Å². The molecule has 0 amide bonds. The fourth-order valence-electron chi connectivity index (χ4n) is 0.687. The monoisotopic (exact) mass is 173 g/mol. The van der Waals surface area contributed by atoms with Crippen LogP contribution < -0.4 is 0 Å². The van der Waals surface area contributed by atoms with Crippen molar-refractivity contribution in [1.29, 1.82) is 5.41 Å². The minimum atomic E-state index is -0.516. The Hall–Kier alpha value is -1.09. The van der Waals surface area contributed by atoms with Crippen LogP contribution in [0.25, 0.3) is 0 Å². The van der Waals surface area contributed by atoms with Crippen molar-refractivity contribution in [2.45, 2.75) is 0 Å². The highest BCUT2D eigenvalue weighted by molar-refractivity contribution is 6.16. The highest BCUT2D eigenvalue weighted by Gasteiger charge is 2.06. The molecule has 0 aliphatic rings. The van der Waals surface area contributed by atoms with Crippen molar-refractivity contribution in [2.75, 3.05) is 0 Å². The van der Waals surface area contributed by atoms with E-state index in [2.05, 4.69) is 4.29 Å². The van der Waals surface area contributed by atoms with Crippen LogP contribution in [0.4, 0.5) is 4.39 Å². The van der Waals surface area contributed by atoms with E-state index in [4.69, 9.17) is 17.3 Å². The van der Waals surface area contributed by atoms with Gasteiger partial charge in [-0.1, -0.05) is 12.1 Å². The molecule has 1 aromatic rings. The summed E-state index contributed by atoms with van der Waals surface area (Å²) < 4.78 is 16.8. The largest absolute Gasteiger partial charge is 0.365 e. The summed E-state index contributed by atoms with van der Waals surface area (Å²) in [5.41, 5.74) is 0.0579. The average molecular weight is 174 g/mol. The molecule has 1 rings (SSSR count). The van der Waals surface area contributed by atoms with Gasteiger partial charge in [-0.2, -0.15) is 0 Å². The zero-order chi connectivity index (χ0) is 8.27. The third-order valence-corrected chi connectivity index (χ3v) is 1.35. The van der Waals surface area contributed by atoms with Gasteiger partial charge in [-0.25, -0.2) is 4.39 Å². The van der Waals surface area contributed by atoms with Crippen LogP contribution in [-0.4, -0.2) is 5.90 Å². The molecule has 0 aliphatic heterocycles. The Kier molecular flexibility index (Phi) is 2.44. The Morgan fingerprint density at radius 1 is 1.45 bits per heavy atom. The predicted molar refractivity (Wildman–Crippen MR) is 40.2 cm³/mol.